The molecule has 2 rings (SSSR count). The zero-order chi connectivity index (χ0) is 23.3. The van der Waals surface area contributed by atoms with Crippen LogP contribution in [0.5, 0.6) is 11.5 Å². The summed E-state index contributed by atoms with van der Waals surface area (Å²) < 4.78 is 11.5. The first-order valence-corrected chi connectivity index (χ1v) is 12.4. The zero-order valence-corrected chi connectivity index (χ0v) is 21.1. The molecule has 0 saturated carbocycles. The molecule has 0 radical (unpaired) electrons. The van der Waals surface area contributed by atoms with E-state index in [2.05, 4.69) is 60.3 Å². The predicted molar refractivity (Wildman–Crippen MR) is 134 cm³/mol. The predicted octanol–water partition coefficient (Wildman–Crippen LogP) is 3.37. The summed E-state index contributed by atoms with van der Waals surface area (Å²) in [6, 6.07) is 6.24. The maximum atomic E-state index is 5.79. The van der Waals surface area contributed by atoms with Gasteiger partial charge in [-0.25, -0.2) is 0 Å². The van der Waals surface area contributed by atoms with Crippen molar-refractivity contribution in [2.45, 2.75) is 47.6 Å². The Hall–Kier alpha value is -1.99. The largest absolute Gasteiger partial charge is 0.490 e. The topological polar surface area (TPSA) is 61.4 Å². The minimum Gasteiger partial charge on any atom is -0.490 e. The molecule has 2 N–H and O–H groups in total. The summed E-state index contributed by atoms with van der Waals surface area (Å²) >= 11 is 0. The lowest BCUT2D eigenvalue weighted by Crippen LogP contribution is -2.47. The number of hydrogen-bond acceptors (Lipinski definition) is 5. The molecular formula is C25H45N5O2. The first kappa shape index (κ1) is 26.3. The first-order valence-electron chi connectivity index (χ1n) is 12.4. The second-order valence-electron chi connectivity index (χ2n) is 8.50. The van der Waals surface area contributed by atoms with Gasteiger partial charge in [-0.05, 0) is 57.9 Å². The number of benzene rings is 1. The van der Waals surface area contributed by atoms with Crippen LogP contribution >= 0.6 is 0 Å². The molecule has 7 heteroatoms. The van der Waals surface area contributed by atoms with Crippen molar-refractivity contribution in [3.63, 3.8) is 0 Å². The van der Waals surface area contributed by atoms with Crippen molar-refractivity contribution in [3.05, 3.63) is 23.8 Å². The highest BCUT2D eigenvalue weighted by Gasteiger charge is 2.18. The lowest BCUT2D eigenvalue weighted by molar-refractivity contribution is 0.125. The molecule has 182 valence electrons. The number of nitrogens with one attached hydrogen (secondary N) is 2. The van der Waals surface area contributed by atoms with Gasteiger partial charge < -0.3 is 29.9 Å². The van der Waals surface area contributed by atoms with Crippen LogP contribution in [0.15, 0.2) is 23.2 Å². The van der Waals surface area contributed by atoms with Crippen LogP contribution < -0.4 is 20.1 Å². The molecule has 0 aliphatic carbocycles. The van der Waals surface area contributed by atoms with Gasteiger partial charge in [-0.15, -0.1) is 0 Å². The minimum atomic E-state index is 0.0973. The van der Waals surface area contributed by atoms with Crippen LogP contribution in [0.3, 0.4) is 0 Å². The molecule has 32 heavy (non-hydrogen) atoms. The molecule has 1 saturated heterocycles. The van der Waals surface area contributed by atoms with Crippen LogP contribution in [0, 0.1) is 5.92 Å². The Morgan fingerprint density at radius 2 is 1.62 bits per heavy atom. The Kier molecular flexibility index (Phi) is 11.7. The van der Waals surface area contributed by atoms with E-state index in [0.717, 1.165) is 62.3 Å². The second-order valence-corrected chi connectivity index (χ2v) is 8.50. The lowest BCUT2D eigenvalue weighted by Gasteiger charge is -2.35. The van der Waals surface area contributed by atoms with Gasteiger partial charge >= 0.3 is 0 Å². The van der Waals surface area contributed by atoms with Crippen LogP contribution in [0.1, 0.15) is 53.1 Å². The highest BCUT2D eigenvalue weighted by Crippen LogP contribution is 2.30. The smallest absolute Gasteiger partial charge is 0.191 e. The molecule has 1 heterocycles. The van der Waals surface area contributed by atoms with Gasteiger partial charge in [0.25, 0.3) is 0 Å². The van der Waals surface area contributed by atoms with Gasteiger partial charge in [-0.3, -0.25) is 4.99 Å². The van der Waals surface area contributed by atoms with Crippen molar-refractivity contribution in [2.24, 2.45) is 10.9 Å². The summed E-state index contributed by atoms with van der Waals surface area (Å²) in [7, 11) is 0. The van der Waals surface area contributed by atoms with Crippen molar-refractivity contribution >= 4 is 5.96 Å². The van der Waals surface area contributed by atoms with E-state index in [1.54, 1.807) is 0 Å². The Balaban J connectivity index is 1.95. The third-order valence-corrected chi connectivity index (χ3v) is 5.81. The van der Waals surface area contributed by atoms with Crippen LogP contribution in [-0.4, -0.2) is 81.3 Å². The van der Waals surface area contributed by atoms with Gasteiger partial charge in [0, 0.05) is 45.8 Å². The summed E-state index contributed by atoms with van der Waals surface area (Å²) in [6.07, 6.45) is 0. The highest BCUT2D eigenvalue weighted by molar-refractivity contribution is 5.80. The van der Waals surface area contributed by atoms with Crippen LogP contribution in [0.25, 0.3) is 0 Å². The summed E-state index contributed by atoms with van der Waals surface area (Å²) in [4.78, 5) is 9.98. The maximum absolute atomic E-state index is 5.79. The van der Waals surface area contributed by atoms with Gasteiger partial charge in [0.2, 0.25) is 0 Å². The Bertz CT molecular complexity index is 689. The van der Waals surface area contributed by atoms with Crippen molar-refractivity contribution in [1.29, 1.82) is 0 Å². The molecule has 0 bridgehead atoms. The minimum absolute atomic E-state index is 0.0973. The average molecular weight is 448 g/mol. The summed E-state index contributed by atoms with van der Waals surface area (Å²) in [6.45, 7) is 22.6. The fourth-order valence-electron chi connectivity index (χ4n) is 3.98. The molecule has 2 atom stereocenters. The van der Waals surface area contributed by atoms with E-state index in [0.29, 0.717) is 19.1 Å². The summed E-state index contributed by atoms with van der Waals surface area (Å²) in [5.74, 6) is 2.96. The fraction of sp³-hybridized carbons (Fsp3) is 0.720. The zero-order valence-electron chi connectivity index (χ0n) is 21.1. The molecular weight excluding hydrogens is 402 g/mol. The van der Waals surface area contributed by atoms with E-state index in [4.69, 9.17) is 14.5 Å². The Morgan fingerprint density at radius 3 is 2.25 bits per heavy atom. The van der Waals surface area contributed by atoms with Gasteiger partial charge in [0.05, 0.1) is 19.3 Å². The van der Waals surface area contributed by atoms with Gasteiger partial charge in [-0.1, -0.05) is 19.9 Å². The molecule has 1 aliphatic rings. The van der Waals surface area contributed by atoms with Gasteiger partial charge in [0.15, 0.2) is 17.5 Å². The van der Waals surface area contributed by atoms with Crippen molar-refractivity contribution in [2.75, 3.05) is 65.6 Å². The van der Waals surface area contributed by atoms with Crippen LogP contribution in [-0.2, 0) is 0 Å². The van der Waals surface area contributed by atoms with E-state index in [9.17, 15) is 0 Å². The van der Waals surface area contributed by atoms with Gasteiger partial charge in [-0.2, -0.15) is 0 Å². The number of hydrogen-bond donors (Lipinski definition) is 2. The second kappa shape index (κ2) is 14.2. The molecule has 0 spiro atoms. The maximum Gasteiger partial charge on any atom is 0.191 e. The van der Waals surface area contributed by atoms with E-state index >= 15 is 0 Å². The normalized spacial score (nSPS) is 17.6. The average Bonchev–Trinajstić information content (AvgIpc) is 2.79. The standard InChI is InChI=1S/C25H45N5O2/c1-7-26-25(27-18-20(5)19-30-15-13-29(8-2)14-16-30)28-21(6)22-11-12-23(31-9-3)24(17-22)32-10-4/h11-12,17,20-21H,7-10,13-16,18-19H2,1-6H3,(H2,26,27,28). The van der Waals surface area contributed by atoms with Crippen LogP contribution in [0.4, 0.5) is 0 Å². The van der Waals surface area contributed by atoms with Crippen molar-refractivity contribution in [3.8, 4) is 11.5 Å². The van der Waals surface area contributed by atoms with Gasteiger partial charge in [0.1, 0.15) is 0 Å². The number of piperazine rings is 1. The number of ether oxygens (including phenoxy) is 2. The molecule has 1 aromatic carbocycles. The number of likely N-dealkylation sites (N-methyl/N-ethyl adjacent to an activating group) is 1. The quantitative estimate of drug-likeness (QED) is 0.378. The summed E-state index contributed by atoms with van der Waals surface area (Å²) in [5.41, 5.74) is 1.14. The molecule has 2 unspecified atom stereocenters. The van der Waals surface area contributed by atoms with Crippen LogP contribution in [0.2, 0.25) is 0 Å². The number of nitrogens with zero attached hydrogens (tertiary/aromatic N) is 3. The Morgan fingerprint density at radius 1 is 0.969 bits per heavy atom. The molecule has 1 aromatic rings. The first-order chi connectivity index (χ1) is 15.5. The van der Waals surface area contributed by atoms with E-state index in [1.165, 1.54) is 13.1 Å². The Labute approximate surface area is 195 Å². The SMILES string of the molecule is CCNC(=NCC(C)CN1CCN(CC)CC1)NC(C)c1ccc(OCC)c(OCC)c1. The third kappa shape index (κ3) is 8.51. The number of aliphatic imine (C=N–C) groups is 1. The highest BCUT2D eigenvalue weighted by atomic mass is 16.5. The number of rotatable bonds is 12. The molecule has 7 nitrogen and oxygen atoms in total. The number of guanidine groups is 1. The van der Waals surface area contributed by atoms with Crippen molar-refractivity contribution < 1.29 is 9.47 Å². The molecule has 1 aliphatic heterocycles. The monoisotopic (exact) mass is 447 g/mol. The molecule has 1 fully saturated rings. The summed E-state index contributed by atoms with van der Waals surface area (Å²) in [5, 5.41) is 6.94. The lowest BCUT2D eigenvalue weighted by atomic mass is 10.1. The van der Waals surface area contributed by atoms with E-state index < -0.39 is 0 Å². The third-order valence-electron chi connectivity index (χ3n) is 5.81. The van der Waals surface area contributed by atoms with Crippen molar-refractivity contribution in [1.82, 2.24) is 20.4 Å². The molecule has 0 amide bonds. The fourth-order valence-corrected chi connectivity index (χ4v) is 3.98. The van der Waals surface area contributed by atoms with E-state index in [1.807, 2.05) is 19.9 Å². The van der Waals surface area contributed by atoms with E-state index in [-0.39, 0.29) is 6.04 Å². The molecule has 0 aromatic heterocycles.